The van der Waals surface area contributed by atoms with Crippen LogP contribution in [-0.4, -0.2) is 21.5 Å². The SMILES string of the molecule is Cc1ccc(NC(=O)Oc2ccc(-c3nc4ccccn4c3NC3CCCCC3)cc2)cc1. The first kappa shape index (κ1) is 21.1. The molecule has 0 bridgehead atoms. The van der Waals surface area contributed by atoms with E-state index in [9.17, 15) is 4.79 Å². The molecule has 5 rings (SSSR count). The number of anilines is 2. The molecule has 0 saturated heterocycles. The molecule has 2 N–H and O–H groups in total. The molecule has 1 saturated carbocycles. The van der Waals surface area contributed by atoms with Crippen LogP contribution in [0.5, 0.6) is 5.75 Å². The molecule has 1 aliphatic carbocycles. The summed E-state index contributed by atoms with van der Waals surface area (Å²) in [5, 5.41) is 6.50. The van der Waals surface area contributed by atoms with Gasteiger partial charge in [0.05, 0.1) is 0 Å². The van der Waals surface area contributed by atoms with E-state index in [1.54, 1.807) is 12.1 Å². The number of nitrogens with one attached hydrogen (secondary N) is 2. The van der Waals surface area contributed by atoms with Gasteiger partial charge in [-0.2, -0.15) is 0 Å². The molecule has 2 heterocycles. The van der Waals surface area contributed by atoms with Gasteiger partial charge in [-0.05, 0) is 68.3 Å². The number of hydrogen-bond donors (Lipinski definition) is 2. The van der Waals surface area contributed by atoms with E-state index in [1.807, 2.05) is 67.7 Å². The van der Waals surface area contributed by atoms with Gasteiger partial charge in [0.15, 0.2) is 0 Å². The van der Waals surface area contributed by atoms with Crippen molar-refractivity contribution in [3.8, 4) is 17.0 Å². The van der Waals surface area contributed by atoms with E-state index in [0.29, 0.717) is 17.5 Å². The van der Waals surface area contributed by atoms with Gasteiger partial charge in [0.2, 0.25) is 0 Å². The van der Waals surface area contributed by atoms with Crippen LogP contribution in [0.2, 0.25) is 0 Å². The summed E-state index contributed by atoms with van der Waals surface area (Å²) in [6.07, 6.45) is 7.74. The minimum Gasteiger partial charge on any atom is -0.410 e. The smallest absolute Gasteiger partial charge is 0.410 e. The summed E-state index contributed by atoms with van der Waals surface area (Å²) in [4.78, 5) is 17.1. The van der Waals surface area contributed by atoms with Gasteiger partial charge in [-0.1, -0.05) is 43.0 Å². The van der Waals surface area contributed by atoms with Crippen LogP contribution in [0.15, 0.2) is 72.9 Å². The van der Waals surface area contributed by atoms with Crippen LogP contribution in [0.25, 0.3) is 16.9 Å². The van der Waals surface area contributed by atoms with E-state index in [1.165, 1.54) is 32.1 Å². The summed E-state index contributed by atoms with van der Waals surface area (Å²) in [6.45, 7) is 2.00. The molecule has 33 heavy (non-hydrogen) atoms. The molecule has 2 aromatic carbocycles. The Morgan fingerprint density at radius 1 is 0.970 bits per heavy atom. The number of aromatic nitrogens is 2. The molecule has 6 nitrogen and oxygen atoms in total. The summed E-state index contributed by atoms with van der Waals surface area (Å²) in [5.41, 5.74) is 4.62. The predicted molar refractivity (Wildman–Crippen MR) is 132 cm³/mol. The van der Waals surface area contributed by atoms with E-state index in [0.717, 1.165) is 28.3 Å². The average Bonchev–Trinajstić information content (AvgIpc) is 3.20. The fourth-order valence-corrected chi connectivity index (χ4v) is 4.34. The number of benzene rings is 2. The molecule has 2 aromatic heterocycles. The number of pyridine rings is 1. The lowest BCUT2D eigenvalue weighted by atomic mass is 9.95. The van der Waals surface area contributed by atoms with Crippen LogP contribution < -0.4 is 15.4 Å². The van der Waals surface area contributed by atoms with Crippen molar-refractivity contribution >= 4 is 23.2 Å². The Balaban J connectivity index is 1.35. The lowest BCUT2D eigenvalue weighted by molar-refractivity contribution is 0.215. The zero-order valence-electron chi connectivity index (χ0n) is 18.8. The van der Waals surface area contributed by atoms with E-state index in [-0.39, 0.29) is 0 Å². The summed E-state index contributed by atoms with van der Waals surface area (Å²) >= 11 is 0. The third-order valence-electron chi connectivity index (χ3n) is 6.11. The summed E-state index contributed by atoms with van der Waals surface area (Å²) in [6, 6.07) is 21.6. The summed E-state index contributed by atoms with van der Waals surface area (Å²) in [5.74, 6) is 1.50. The van der Waals surface area contributed by atoms with Crippen LogP contribution in [0.3, 0.4) is 0 Å². The van der Waals surface area contributed by atoms with Gasteiger partial charge in [-0.15, -0.1) is 0 Å². The van der Waals surface area contributed by atoms with Crippen molar-refractivity contribution in [2.24, 2.45) is 0 Å². The zero-order chi connectivity index (χ0) is 22.6. The Bertz CT molecular complexity index is 1240. The molecule has 1 amide bonds. The molecule has 0 spiro atoms. The standard InChI is InChI=1S/C27H28N4O2/c1-19-10-14-22(15-11-19)29-27(32)33-23-16-12-20(13-17-23)25-26(28-21-7-3-2-4-8-21)31-18-6-5-9-24(31)30-25/h5-6,9-18,21,28H,2-4,7-8H2,1H3,(H,29,32). The maximum atomic E-state index is 12.3. The van der Waals surface area contributed by atoms with Crippen LogP contribution in [0, 0.1) is 6.92 Å². The van der Waals surface area contributed by atoms with E-state index >= 15 is 0 Å². The Kier molecular flexibility index (Phi) is 5.98. The van der Waals surface area contributed by atoms with Crippen molar-refractivity contribution in [2.45, 2.75) is 45.1 Å². The quantitative estimate of drug-likeness (QED) is 0.364. The maximum absolute atomic E-state index is 12.3. The molecule has 168 valence electrons. The van der Waals surface area contributed by atoms with Gasteiger partial charge < -0.3 is 10.1 Å². The normalized spacial score (nSPS) is 14.2. The van der Waals surface area contributed by atoms with Gasteiger partial charge in [-0.3, -0.25) is 9.72 Å². The van der Waals surface area contributed by atoms with Gasteiger partial charge in [0.25, 0.3) is 0 Å². The van der Waals surface area contributed by atoms with E-state index in [4.69, 9.17) is 9.72 Å². The van der Waals surface area contributed by atoms with E-state index in [2.05, 4.69) is 15.0 Å². The highest BCUT2D eigenvalue weighted by Crippen LogP contribution is 2.32. The van der Waals surface area contributed by atoms with Crippen molar-refractivity contribution in [2.75, 3.05) is 10.6 Å². The number of carbonyl (C=O) groups is 1. The lowest BCUT2D eigenvalue weighted by Crippen LogP contribution is -2.23. The summed E-state index contributed by atoms with van der Waals surface area (Å²) < 4.78 is 7.57. The molecule has 1 fully saturated rings. The Hall–Kier alpha value is -3.80. The van der Waals surface area contributed by atoms with Gasteiger partial charge in [0.1, 0.15) is 22.9 Å². The molecular formula is C27H28N4O2. The van der Waals surface area contributed by atoms with Crippen LogP contribution in [0.4, 0.5) is 16.3 Å². The minimum absolute atomic E-state index is 0.464. The van der Waals surface area contributed by atoms with Crippen molar-refractivity contribution in [3.05, 3.63) is 78.5 Å². The number of carbonyl (C=O) groups excluding carboxylic acids is 1. The number of rotatable bonds is 5. The largest absolute Gasteiger partial charge is 0.417 e. The molecule has 0 atom stereocenters. The molecule has 4 aromatic rings. The second-order valence-corrected chi connectivity index (χ2v) is 8.62. The third kappa shape index (κ3) is 4.85. The fourth-order valence-electron chi connectivity index (χ4n) is 4.34. The van der Waals surface area contributed by atoms with Crippen molar-refractivity contribution < 1.29 is 9.53 Å². The highest BCUT2D eigenvalue weighted by molar-refractivity contribution is 5.86. The first-order valence-electron chi connectivity index (χ1n) is 11.6. The topological polar surface area (TPSA) is 67.7 Å². The summed E-state index contributed by atoms with van der Waals surface area (Å²) in [7, 11) is 0. The van der Waals surface area contributed by atoms with Crippen molar-refractivity contribution in [1.29, 1.82) is 0 Å². The van der Waals surface area contributed by atoms with Crippen molar-refractivity contribution in [3.63, 3.8) is 0 Å². The van der Waals surface area contributed by atoms with Gasteiger partial charge >= 0.3 is 6.09 Å². The van der Waals surface area contributed by atoms with E-state index < -0.39 is 6.09 Å². The number of imidazole rings is 1. The van der Waals surface area contributed by atoms with Gasteiger partial charge in [-0.25, -0.2) is 9.78 Å². The first-order chi connectivity index (χ1) is 16.2. The predicted octanol–water partition coefficient (Wildman–Crippen LogP) is 6.67. The molecular weight excluding hydrogens is 412 g/mol. The molecule has 0 unspecified atom stereocenters. The Labute approximate surface area is 193 Å². The monoisotopic (exact) mass is 440 g/mol. The maximum Gasteiger partial charge on any atom is 0.417 e. The number of hydrogen-bond acceptors (Lipinski definition) is 4. The number of aryl methyl sites for hydroxylation is 1. The average molecular weight is 441 g/mol. The van der Waals surface area contributed by atoms with Crippen LogP contribution >= 0.6 is 0 Å². The highest BCUT2D eigenvalue weighted by atomic mass is 16.6. The first-order valence-corrected chi connectivity index (χ1v) is 11.6. The van der Waals surface area contributed by atoms with Crippen molar-refractivity contribution in [1.82, 2.24) is 9.38 Å². The molecule has 0 radical (unpaired) electrons. The van der Waals surface area contributed by atoms with Crippen LogP contribution in [0.1, 0.15) is 37.7 Å². The number of ether oxygens (including phenoxy) is 1. The highest BCUT2D eigenvalue weighted by Gasteiger charge is 2.19. The third-order valence-corrected chi connectivity index (χ3v) is 6.11. The Morgan fingerprint density at radius 2 is 1.73 bits per heavy atom. The number of nitrogens with zero attached hydrogens (tertiary/aromatic N) is 2. The second kappa shape index (κ2) is 9.36. The van der Waals surface area contributed by atoms with Crippen LogP contribution in [-0.2, 0) is 0 Å². The second-order valence-electron chi connectivity index (χ2n) is 8.62. The minimum atomic E-state index is -0.515. The lowest BCUT2D eigenvalue weighted by Gasteiger charge is -2.24. The molecule has 1 aliphatic rings. The fraction of sp³-hybridized carbons (Fsp3) is 0.259. The number of fused-ring (bicyclic) bond motifs is 1. The molecule has 6 heteroatoms. The van der Waals surface area contributed by atoms with Gasteiger partial charge in [0, 0.05) is 23.5 Å². The number of amides is 1. The Morgan fingerprint density at radius 3 is 2.48 bits per heavy atom. The molecule has 0 aliphatic heterocycles. The zero-order valence-corrected chi connectivity index (χ0v) is 18.8.